The predicted molar refractivity (Wildman–Crippen MR) is 161 cm³/mol. The normalized spacial score (nSPS) is 37.4. The summed E-state index contributed by atoms with van der Waals surface area (Å²) in [6, 6.07) is 0. The fourth-order valence-corrected chi connectivity index (χ4v) is 8.59. The second-order valence-electron chi connectivity index (χ2n) is 13.7. The van der Waals surface area contributed by atoms with Gasteiger partial charge in [0.15, 0.2) is 0 Å². The van der Waals surface area contributed by atoms with Crippen molar-refractivity contribution in [2.45, 2.75) is 155 Å². The summed E-state index contributed by atoms with van der Waals surface area (Å²) < 4.78 is 0. The van der Waals surface area contributed by atoms with Crippen molar-refractivity contribution in [3.8, 4) is 0 Å². The van der Waals surface area contributed by atoms with Crippen molar-refractivity contribution >= 4 is 0 Å². The highest BCUT2D eigenvalue weighted by Gasteiger charge is 2.31. The molecule has 0 N–H and O–H groups in total. The van der Waals surface area contributed by atoms with Crippen LogP contribution in [0, 0.1) is 47.3 Å². The Morgan fingerprint density at radius 1 is 0.444 bits per heavy atom. The van der Waals surface area contributed by atoms with E-state index in [2.05, 4.69) is 39.2 Å². The average Bonchev–Trinajstić information content (AvgIpc) is 2.96. The maximum absolute atomic E-state index is 3.96. The van der Waals surface area contributed by atoms with Gasteiger partial charge in [-0.1, -0.05) is 90.2 Å². The Labute approximate surface area is 227 Å². The van der Waals surface area contributed by atoms with E-state index in [4.69, 9.17) is 0 Å². The molecule has 208 valence electrons. The molecule has 0 atom stereocenters. The quantitative estimate of drug-likeness (QED) is 0.264. The van der Waals surface area contributed by atoms with Gasteiger partial charge in [-0.15, -0.1) is 13.2 Å². The van der Waals surface area contributed by atoms with Crippen molar-refractivity contribution in [1.82, 2.24) is 0 Å². The first-order valence-electron chi connectivity index (χ1n) is 16.9. The summed E-state index contributed by atoms with van der Waals surface area (Å²) >= 11 is 0. The predicted octanol–water partition coefficient (Wildman–Crippen LogP) is 12.0. The van der Waals surface area contributed by atoms with Gasteiger partial charge in [0.1, 0.15) is 0 Å². The zero-order valence-electron chi connectivity index (χ0n) is 24.7. The summed E-state index contributed by atoms with van der Waals surface area (Å²) in [7, 11) is 0. The molecule has 0 aromatic heterocycles. The van der Waals surface area contributed by atoms with Crippen LogP contribution in [0.3, 0.4) is 0 Å². The first kappa shape index (κ1) is 30.0. The van der Waals surface area contributed by atoms with Gasteiger partial charge in [-0.2, -0.15) is 0 Å². The van der Waals surface area contributed by atoms with E-state index in [-0.39, 0.29) is 0 Å². The van der Waals surface area contributed by atoms with E-state index in [1.54, 1.807) is 0 Å². The highest BCUT2D eigenvalue weighted by molar-refractivity contribution is 4.88. The summed E-state index contributed by atoms with van der Waals surface area (Å²) in [5, 5.41) is 0. The molecule has 0 heterocycles. The summed E-state index contributed by atoms with van der Waals surface area (Å²) in [5.74, 6) is 8.10. The van der Waals surface area contributed by atoms with Crippen LogP contribution in [0.25, 0.3) is 0 Å². The van der Waals surface area contributed by atoms with E-state index in [0.717, 1.165) is 47.3 Å². The molecule has 4 rings (SSSR count). The van der Waals surface area contributed by atoms with E-state index in [1.807, 2.05) is 0 Å². The average molecular weight is 497 g/mol. The Balaban J connectivity index is 0.000000201. The molecular formula is C36H64. The van der Waals surface area contributed by atoms with Crippen molar-refractivity contribution in [2.75, 3.05) is 0 Å². The van der Waals surface area contributed by atoms with Crippen LogP contribution in [0.1, 0.15) is 155 Å². The van der Waals surface area contributed by atoms with Crippen molar-refractivity contribution in [1.29, 1.82) is 0 Å². The molecule has 0 amide bonds. The Morgan fingerprint density at radius 3 is 0.972 bits per heavy atom. The third-order valence-electron chi connectivity index (χ3n) is 11.3. The molecule has 4 aliphatic rings. The topological polar surface area (TPSA) is 0 Å². The standard InChI is InChI=1S/2C18H32/c2*1-3-5-6-16-9-13-18(14-10-16)17-11-7-15(4-2)8-12-17/h2*4,15-18H,2-3,5-14H2,1H3. The van der Waals surface area contributed by atoms with Crippen LogP contribution >= 0.6 is 0 Å². The molecule has 0 aromatic carbocycles. The molecular weight excluding hydrogens is 432 g/mol. The maximum atomic E-state index is 3.96. The molecule has 4 aliphatic carbocycles. The van der Waals surface area contributed by atoms with Crippen LogP contribution < -0.4 is 0 Å². The van der Waals surface area contributed by atoms with Gasteiger partial charge in [-0.05, 0) is 124 Å². The molecule has 36 heavy (non-hydrogen) atoms. The van der Waals surface area contributed by atoms with Crippen molar-refractivity contribution in [3.05, 3.63) is 25.3 Å². The molecule has 0 unspecified atom stereocenters. The molecule has 0 aromatic rings. The summed E-state index contributed by atoms with van der Waals surface area (Å²) in [6.07, 6.45) is 37.0. The summed E-state index contributed by atoms with van der Waals surface area (Å²) in [6.45, 7) is 12.6. The monoisotopic (exact) mass is 497 g/mol. The Morgan fingerprint density at radius 2 is 0.722 bits per heavy atom. The van der Waals surface area contributed by atoms with E-state index < -0.39 is 0 Å². The number of rotatable bonds is 10. The van der Waals surface area contributed by atoms with Gasteiger partial charge in [0.25, 0.3) is 0 Å². The fourth-order valence-electron chi connectivity index (χ4n) is 8.59. The zero-order chi connectivity index (χ0) is 25.6. The molecule has 0 aliphatic heterocycles. The lowest BCUT2D eigenvalue weighted by atomic mass is 9.69. The van der Waals surface area contributed by atoms with Crippen LogP contribution in [0.2, 0.25) is 0 Å². The zero-order valence-corrected chi connectivity index (χ0v) is 24.7. The third kappa shape index (κ3) is 9.98. The first-order valence-corrected chi connectivity index (χ1v) is 16.9. The Hall–Kier alpha value is -0.520. The second-order valence-corrected chi connectivity index (χ2v) is 13.7. The SMILES string of the molecule is C=CC1CCC(C2CCC(CCCC)CC2)CC1.C=CC1CCC(C2CCC(CCCC)CC2)CC1. The maximum Gasteiger partial charge on any atom is -0.0236 e. The number of unbranched alkanes of at least 4 members (excludes halogenated alkanes) is 2. The molecule has 0 heteroatoms. The molecule has 0 nitrogen and oxygen atoms in total. The Kier molecular flexibility index (Phi) is 14.3. The van der Waals surface area contributed by atoms with Gasteiger partial charge < -0.3 is 0 Å². The van der Waals surface area contributed by atoms with Crippen molar-refractivity contribution < 1.29 is 0 Å². The van der Waals surface area contributed by atoms with Crippen LogP contribution in [-0.4, -0.2) is 0 Å². The van der Waals surface area contributed by atoms with Gasteiger partial charge in [-0.3, -0.25) is 0 Å². The van der Waals surface area contributed by atoms with E-state index >= 15 is 0 Å². The number of hydrogen-bond acceptors (Lipinski definition) is 0. The molecule has 0 bridgehead atoms. The minimum atomic E-state index is 0.835. The lowest BCUT2D eigenvalue weighted by molar-refractivity contribution is 0.152. The van der Waals surface area contributed by atoms with Crippen molar-refractivity contribution in [2.24, 2.45) is 47.3 Å². The van der Waals surface area contributed by atoms with Gasteiger partial charge in [0.2, 0.25) is 0 Å². The minimum absolute atomic E-state index is 0.835. The Bertz CT molecular complexity index is 505. The smallest absolute Gasteiger partial charge is 0.0236 e. The van der Waals surface area contributed by atoms with Crippen LogP contribution in [0.4, 0.5) is 0 Å². The van der Waals surface area contributed by atoms with E-state index in [0.29, 0.717) is 0 Å². The summed E-state index contributed by atoms with van der Waals surface area (Å²) in [5.41, 5.74) is 0. The van der Waals surface area contributed by atoms with E-state index in [9.17, 15) is 0 Å². The lowest BCUT2D eigenvalue weighted by Crippen LogP contribution is -2.25. The highest BCUT2D eigenvalue weighted by atomic mass is 14.4. The summed E-state index contributed by atoms with van der Waals surface area (Å²) in [4.78, 5) is 0. The molecule has 4 saturated carbocycles. The largest absolute Gasteiger partial charge is 0.103 e. The van der Waals surface area contributed by atoms with Gasteiger partial charge >= 0.3 is 0 Å². The number of hydrogen-bond donors (Lipinski definition) is 0. The number of allylic oxidation sites excluding steroid dienone is 2. The van der Waals surface area contributed by atoms with Crippen LogP contribution in [0.5, 0.6) is 0 Å². The molecule has 0 spiro atoms. The second kappa shape index (κ2) is 17.1. The molecule has 4 fully saturated rings. The third-order valence-corrected chi connectivity index (χ3v) is 11.3. The molecule has 0 radical (unpaired) electrons. The highest BCUT2D eigenvalue weighted by Crippen LogP contribution is 2.43. The molecule has 0 saturated heterocycles. The van der Waals surface area contributed by atoms with Gasteiger partial charge in [0, 0.05) is 0 Å². The fraction of sp³-hybridized carbons (Fsp3) is 0.889. The lowest BCUT2D eigenvalue weighted by Gasteiger charge is -2.37. The van der Waals surface area contributed by atoms with E-state index in [1.165, 1.54) is 141 Å². The van der Waals surface area contributed by atoms with Crippen molar-refractivity contribution in [3.63, 3.8) is 0 Å². The van der Waals surface area contributed by atoms with Crippen LogP contribution in [-0.2, 0) is 0 Å². The van der Waals surface area contributed by atoms with Crippen LogP contribution in [0.15, 0.2) is 25.3 Å². The first-order chi connectivity index (χ1) is 17.7. The minimum Gasteiger partial charge on any atom is -0.103 e. The van der Waals surface area contributed by atoms with Gasteiger partial charge in [0.05, 0.1) is 0 Å². The van der Waals surface area contributed by atoms with Gasteiger partial charge in [-0.25, -0.2) is 0 Å².